The van der Waals surface area contributed by atoms with Crippen LogP contribution in [0.4, 0.5) is 5.69 Å². The molecule has 0 aliphatic heterocycles. The number of hydrogen-bond donors (Lipinski definition) is 2. The minimum Gasteiger partial charge on any atom is -0.398 e. The van der Waals surface area contributed by atoms with Gasteiger partial charge in [0.15, 0.2) is 0 Å². The maximum atomic E-state index is 12.4. The highest BCUT2D eigenvalue weighted by atomic mass is 32.2. The molecule has 0 atom stereocenters. The fraction of sp³-hybridized carbons (Fsp3) is 0.333. The molecule has 0 aromatic heterocycles. The van der Waals surface area contributed by atoms with Crippen LogP contribution in [0.2, 0.25) is 0 Å². The molecule has 24 heavy (non-hydrogen) atoms. The SMILES string of the molecule is CCN(CC)CCNS(=O)(=O)c1ccc(-c2ccccc2N)cc1. The highest BCUT2D eigenvalue weighted by Crippen LogP contribution is 2.26. The monoisotopic (exact) mass is 347 g/mol. The summed E-state index contributed by atoms with van der Waals surface area (Å²) in [4.78, 5) is 2.43. The number of likely N-dealkylation sites (N-methyl/N-ethyl adjacent to an activating group) is 1. The third-order valence-corrected chi connectivity index (χ3v) is 5.53. The van der Waals surface area contributed by atoms with Crippen LogP contribution in [0.25, 0.3) is 11.1 Å². The molecule has 0 bridgehead atoms. The van der Waals surface area contributed by atoms with E-state index in [0.717, 1.165) is 24.2 Å². The lowest BCUT2D eigenvalue weighted by atomic mass is 10.0. The van der Waals surface area contributed by atoms with E-state index in [-0.39, 0.29) is 4.90 Å². The topological polar surface area (TPSA) is 75.4 Å². The molecular weight excluding hydrogens is 322 g/mol. The van der Waals surface area contributed by atoms with Crippen LogP contribution < -0.4 is 10.5 Å². The van der Waals surface area contributed by atoms with E-state index in [1.54, 1.807) is 24.3 Å². The number of nitrogens with two attached hydrogens (primary N) is 1. The number of nitrogen functional groups attached to an aromatic ring is 1. The van der Waals surface area contributed by atoms with Crippen LogP contribution in [0.15, 0.2) is 53.4 Å². The largest absolute Gasteiger partial charge is 0.398 e. The van der Waals surface area contributed by atoms with Gasteiger partial charge in [0.25, 0.3) is 0 Å². The van der Waals surface area contributed by atoms with Crippen molar-refractivity contribution < 1.29 is 8.42 Å². The first-order valence-electron chi connectivity index (χ1n) is 8.15. The van der Waals surface area contributed by atoms with Gasteiger partial charge in [-0.05, 0) is 36.9 Å². The van der Waals surface area contributed by atoms with Gasteiger partial charge in [0.2, 0.25) is 10.0 Å². The first kappa shape index (κ1) is 18.4. The molecule has 0 radical (unpaired) electrons. The summed E-state index contributed by atoms with van der Waals surface area (Å²) in [7, 11) is -3.49. The second-order valence-corrected chi connectivity index (χ2v) is 7.30. The van der Waals surface area contributed by atoms with E-state index in [4.69, 9.17) is 5.73 Å². The first-order valence-corrected chi connectivity index (χ1v) is 9.63. The van der Waals surface area contributed by atoms with E-state index in [9.17, 15) is 8.42 Å². The normalized spacial score (nSPS) is 11.8. The van der Waals surface area contributed by atoms with Crippen molar-refractivity contribution in [2.75, 3.05) is 31.9 Å². The Labute approximate surface area is 144 Å². The predicted octanol–water partition coefficient (Wildman–Crippen LogP) is 2.56. The summed E-state index contributed by atoms with van der Waals surface area (Å²) < 4.78 is 27.4. The molecule has 0 aliphatic carbocycles. The van der Waals surface area contributed by atoms with Gasteiger partial charge in [-0.2, -0.15) is 0 Å². The number of anilines is 1. The van der Waals surface area contributed by atoms with Crippen LogP contribution in [0.1, 0.15) is 13.8 Å². The average Bonchev–Trinajstić information content (AvgIpc) is 2.59. The standard InChI is InChI=1S/C18H25N3O2S/c1-3-21(4-2)14-13-20-24(22,23)16-11-9-15(10-12-16)17-7-5-6-8-18(17)19/h5-12,20H,3-4,13-14,19H2,1-2H3. The van der Waals surface area contributed by atoms with E-state index in [1.807, 2.05) is 24.3 Å². The molecule has 0 saturated heterocycles. The van der Waals surface area contributed by atoms with E-state index >= 15 is 0 Å². The molecule has 0 amide bonds. The van der Waals surface area contributed by atoms with Crippen molar-refractivity contribution in [2.45, 2.75) is 18.7 Å². The van der Waals surface area contributed by atoms with Gasteiger partial charge < -0.3 is 10.6 Å². The Morgan fingerprint density at radius 2 is 1.62 bits per heavy atom. The quantitative estimate of drug-likeness (QED) is 0.720. The molecule has 130 valence electrons. The minimum absolute atomic E-state index is 0.264. The lowest BCUT2D eigenvalue weighted by Crippen LogP contribution is -2.34. The summed E-state index contributed by atoms with van der Waals surface area (Å²) in [5, 5.41) is 0. The molecule has 0 spiro atoms. The third-order valence-electron chi connectivity index (χ3n) is 4.05. The summed E-state index contributed by atoms with van der Waals surface area (Å²) in [5.41, 5.74) is 8.43. The number of benzene rings is 2. The molecule has 2 rings (SSSR count). The molecule has 6 heteroatoms. The van der Waals surface area contributed by atoms with E-state index < -0.39 is 10.0 Å². The number of nitrogens with zero attached hydrogens (tertiary/aromatic N) is 1. The van der Waals surface area contributed by atoms with Crippen molar-refractivity contribution in [3.05, 3.63) is 48.5 Å². The van der Waals surface area contributed by atoms with Crippen molar-refractivity contribution in [1.82, 2.24) is 9.62 Å². The Morgan fingerprint density at radius 1 is 1.00 bits per heavy atom. The van der Waals surface area contributed by atoms with Gasteiger partial charge in [0.1, 0.15) is 0 Å². The molecule has 0 aliphatic rings. The van der Waals surface area contributed by atoms with Gasteiger partial charge in [-0.15, -0.1) is 0 Å². The molecule has 0 saturated carbocycles. The van der Waals surface area contributed by atoms with Crippen LogP contribution in [0.5, 0.6) is 0 Å². The summed E-state index contributed by atoms with van der Waals surface area (Å²) in [5.74, 6) is 0. The zero-order chi connectivity index (χ0) is 17.6. The van der Waals surface area contributed by atoms with Gasteiger partial charge in [-0.1, -0.05) is 44.2 Å². The molecule has 5 nitrogen and oxygen atoms in total. The Balaban J connectivity index is 2.08. The Kier molecular flexibility index (Phi) is 6.36. The fourth-order valence-corrected chi connectivity index (χ4v) is 3.56. The van der Waals surface area contributed by atoms with Crippen molar-refractivity contribution in [1.29, 1.82) is 0 Å². The molecule has 3 N–H and O–H groups in total. The predicted molar refractivity (Wildman–Crippen MR) is 99.3 cm³/mol. The summed E-state index contributed by atoms with van der Waals surface area (Å²) in [6.45, 7) is 7.04. The number of hydrogen-bond acceptors (Lipinski definition) is 4. The second kappa shape index (κ2) is 8.28. The van der Waals surface area contributed by atoms with E-state index in [2.05, 4.69) is 23.5 Å². The van der Waals surface area contributed by atoms with Crippen LogP contribution in [0, 0.1) is 0 Å². The maximum Gasteiger partial charge on any atom is 0.240 e. The van der Waals surface area contributed by atoms with E-state index in [1.165, 1.54) is 0 Å². The Hall–Kier alpha value is -1.89. The summed E-state index contributed by atoms with van der Waals surface area (Å²) in [6, 6.07) is 14.3. The fourth-order valence-electron chi connectivity index (χ4n) is 2.53. The Morgan fingerprint density at radius 3 is 2.21 bits per heavy atom. The lowest BCUT2D eigenvalue weighted by molar-refractivity contribution is 0.309. The van der Waals surface area contributed by atoms with Crippen molar-refractivity contribution in [3.63, 3.8) is 0 Å². The smallest absolute Gasteiger partial charge is 0.240 e. The molecule has 0 fully saturated rings. The number of nitrogens with one attached hydrogen (secondary N) is 1. The highest BCUT2D eigenvalue weighted by Gasteiger charge is 2.14. The van der Waals surface area contributed by atoms with Crippen LogP contribution >= 0.6 is 0 Å². The summed E-state index contributed by atoms with van der Waals surface area (Å²) in [6.07, 6.45) is 0. The molecule has 2 aromatic carbocycles. The van der Waals surface area contributed by atoms with Gasteiger partial charge in [-0.3, -0.25) is 0 Å². The zero-order valence-electron chi connectivity index (χ0n) is 14.2. The van der Waals surface area contributed by atoms with Crippen molar-refractivity contribution >= 4 is 15.7 Å². The molecule has 0 unspecified atom stereocenters. The van der Waals surface area contributed by atoms with Gasteiger partial charge in [0, 0.05) is 24.3 Å². The van der Waals surface area contributed by atoms with E-state index in [0.29, 0.717) is 18.8 Å². The van der Waals surface area contributed by atoms with Crippen LogP contribution in [-0.2, 0) is 10.0 Å². The first-order chi connectivity index (χ1) is 11.5. The molecule has 0 heterocycles. The van der Waals surface area contributed by atoms with Gasteiger partial charge in [0.05, 0.1) is 4.90 Å². The number of para-hydroxylation sites is 1. The Bertz CT molecular complexity index is 754. The highest BCUT2D eigenvalue weighted by molar-refractivity contribution is 7.89. The van der Waals surface area contributed by atoms with Gasteiger partial charge in [-0.25, -0.2) is 13.1 Å². The van der Waals surface area contributed by atoms with Crippen molar-refractivity contribution in [3.8, 4) is 11.1 Å². The average molecular weight is 347 g/mol. The number of sulfonamides is 1. The summed E-state index contributed by atoms with van der Waals surface area (Å²) >= 11 is 0. The molecule has 2 aromatic rings. The second-order valence-electron chi connectivity index (χ2n) is 5.54. The van der Waals surface area contributed by atoms with Crippen LogP contribution in [0.3, 0.4) is 0 Å². The minimum atomic E-state index is -3.49. The number of rotatable bonds is 8. The lowest BCUT2D eigenvalue weighted by Gasteiger charge is -2.18. The molecular formula is C18H25N3O2S. The zero-order valence-corrected chi connectivity index (χ0v) is 15.0. The maximum absolute atomic E-state index is 12.4. The van der Waals surface area contributed by atoms with Crippen LogP contribution in [-0.4, -0.2) is 39.5 Å². The van der Waals surface area contributed by atoms with Crippen molar-refractivity contribution in [2.24, 2.45) is 0 Å². The van der Waals surface area contributed by atoms with Gasteiger partial charge >= 0.3 is 0 Å². The third kappa shape index (κ3) is 4.56.